The number of aliphatic hydroxyl groups is 2. The summed E-state index contributed by atoms with van der Waals surface area (Å²) >= 11 is 0. The third-order valence-corrected chi connectivity index (χ3v) is 1.90. The van der Waals surface area contributed by atoms with Crippen molar-refractivity contribution in [3.63, 3.8) is 0 Å². The van der Waals surface area contributed by atoms with Crippen LogP contribution in [0.3, 0.4) is 0 Å². The first-order valence-corrected chi connectivity index (χ1v) is 3.15. The molecule has 9 heavy (non-hydrogen) atoms. The van der Waals surface area contributed by atoms with Crippen LogP contribution >= 0.6 is 0 Å². The molecule has 3 heteroatoms. The number of hydrogen-bond donors (Lipinski definition) is 2. The van der Waals surface area contributed by atoms with Gasteiger partial charge in [-0.1, -0.05) is 0 Å². The van der Waals surface area contributed by atoms with E-state index < -0.39 is 5.60 Å². The Morgan fingerprint density at radius 1 is 1.56 bits per heavy atom. The molecule has 1 heterocycles. The Kier molecular flexibility index (Phi) is 1.75. The van der Waals surface area contributed by atoms with E-state index in [0.717, 1.165) is 0 Å². The van der Waals surface area contributed by atoms with Gasteiger partial charge in [-0.25, -0.2) is 0 Å². The van der Waals surface area contributed by atoms with E-state index >= 15 is 0 Å². The van der Waals surface area contributed by atoms with Gasteiger partial charge in [-0.3, -0.25) is 0 Å². The zero-order valence-corrected chi connectivity index (χ0v) is 5.50. The fourth-order valence-electron chi connectivity index (χ4n) is 1.01. The lowest BCUT2D eigenvalue weighted by molar-refractivity contribution is 0.139. The number of rotatable bonds is 3. The van der Waals surface area contributed by atoms with Gasteiger partial charge in [0.05, 0.1) is 12.7 Å². The monoisotopic (exact) mass is 132 g/mol. The molecule has 0 radical (unpaired) electrons. The zero-order chi connectivity index (χ0) is 6.91. The highest BCUT2D eigenvalue weighted by molar-refractivity contribution is 4.99. The van der Waals surface area contributed by atoms with E-state index in [2.05, 4.69) is 0 Å². The van der Waals surface area contributed by atoms with Gasteiger partial charge in [0.1, 0.15) is 5.60 Å². The summed E-state index contributed by atoms with van der Waals surface area (Å²) < 4.78 is 5.08. The first-order chi connectivity index (χ1) is 4.25. The molecule has 1 aliphatic heterocycles. The third kappa shape index (κ3) is 1.08. The maximum absolute atomic E-state index is 8.72. The zero-order valence-electron chi connectivity index (χ0n) is 5.50. The van der Waals surface area contributed by atoms with Crippen LogP contribution in [0.4, 0.5) is 0 Å². The molecule has 0 saturated carbocycles. The van der Waals surface area contributed by atoms with Crippen LogP contribution in [0.25, 0.3) is 0 Å². The second-order valence-electron chi connectivity index (χ2n) is 2.46. The van der Waals surface area contributed by atoms with Gasteiger partial charge in [0.2, 0.25) is 0 Å². The van der Waals surface area contributed by atoms with E-state index in [4.69, 9.17) is 14.9 Å². The number of hydrogen-bond acceptors (Lipinski definition) is 3. The SMILES string of the molecule is CC1O[C@@]1(CO)CCO. The first kappa shape index (κ1) is 6.99. The predicted molar refractivity (Wildman–Crippen MR) is 32.1 cm³/mol. The lowest BCUT2D eigenvalue weighted by Crippen LogP contribution is -2.20. The summed E-state index contributed by atoms with van der Waals surface area (Å²) in [5.74, 6) is 0. The van der Waals surface area contributed by atoms with Crippen LogP contribution in [-0.4, -0.2) is 35.1 Å². The minimum absolute atomic E-state index is 0.0225. The lowest BCUT2D eigenvalue weighted by atomic mass is 10.0. The molecule has 2 atom stereocenters. The van der Waals surface area contributed by atoms with Gasteiger partial charge in [-0.15, -0.1) is 0 Å². The Morgan fingerprint density at radius 3 is 2.22 bits per heavy atom. The smallest absolute Gasteiger partial charge is 0.120 e. The Balaban J connectivity index is 2.33. The van der Waals surface area contributed by atoms with E-state index in [1.807, 2.05) is 6.92 Å². The van der Waals surface area contributed by atoms with Crippen molar-refractivity contribution in [2.75, 3.05) is 13.2 Å². The van der Waals surface area contributed by atoms with Gasteiger partial charge in [-0.05, 0) is 6.92 Å². The van der Waals surface area contributed by atoms with Gasteiger partial charge in [0.25, 0.3) is 0 Å². The molecule has 1 unspecified atom stereocenters. The fourth-order valence-corrected chi connectivity index (χ4v) is 1.01. The summed E-state index contributed by atoms with van der Waals surface area (Å²) in [7, 11) is 0. The second kappa shape index (κ2) is 2.25. The van der Waals surface area contributed by atoms with Crippen LogP contribution in [0.15, 0.2) is 0 Å². The molecule has 1 saturated heterocycles. The van der Waals surface area contributed by atoms with Crippen molar-refractivity contribution in [2.24, 2.45) is 0 Å². The van der Waals surface area contributed by atoms with Crippen LogP contribution < -0.4 is 0 Å². The van der Waals surface area contributed by atoms with Crippen molar-refractivity contribution in [3.8, 4) is 0 Å². The molecule has 0 amide bonds. The molecule has 0 aromatic rings. The number of aliphatic hydroxyl groups excluding tert-OH is 2. The maximum Gasteiger partial charge on any atom is 0.120 e. The van der Waals surface area contributed by atoms with Crippen LogP contribution in [0.1, 0.15) is 13.3 Å². The van der Waals surface area contributed by atoms with Crippen molar-refractivity contribution in [2.45, 2.75) is 25.0 Å². The average Bonchev–Trinajstić information content (AvgIpc) is 2.45. The quantitative estimate of drug-likeness (QED) is 0.510. The van der Waals surface area contributed by atoms with Gasteiger partial charge >= 0.3 is 0 Å². The average molecular weight is 132 g/mol. The predicted octanol–water partition coefficient (Wildman–Crippen LogP) is -0.481. The topological polar surface area (TPSA) is 53.0 Å². The van der Waals surface area contributed by atoms with E-state index in [0.29, 0.717) is 6.42 Å². The van der Waals surface area contributed by atoms with Gasteiger partial charge in [-0.2, -0.15) is 0 Å². The molecule has 54 valence electrons. The first-order valence-electron chi connectivity index (χ1n) is 3.15. The van der Waals surface area contributed by atoms with Gasteiger partial charge in [0.15, 0.2) is 0 Å². The Bertz CT molecular complexity index is 100. The third-order valence-electron chi connectivity index (χ3n) is 1.90. The van der Waals surface area contributed by atoms with Crippen LogP contribution in [-0.2, 0) is 4.74 Å². The molecule has 0 aromatic heterocycles. The highest BCUT2D eigenvalue weighted by atomic mass is 16.6. The highest BCUT2D eigenvalue weighted by Crippen LogP contribution is 2.38. The second-order valence-corrected chi connectivity index (χ2v) is 2.46. The van der Waals surface area contributed by atoms with Crippen molar-refractivity contribution in [3.05, 3.63) is 0 Å². The molecule has 0 aromatic carbocycles. The molecule has 1 rings (SSSR count). The summed E-state index contributed by atoms with van der Waals surface area (Å²) in [4.78, 5) is 0. The summed E-state index contributed by atoms with van der Waals surface area (Å²) in [6.45, 7) is 2.01. The molecule has 0 bridgehead atoms. The van der Waals surface area contributed by atoms with Crippen molar-refractivity contribution in [1.29, 1.82) is 0 Å². The molecule has 3 nitrogen and oxygen atoms in total. The van der Waals surface area contributed by atoms with E-state index in [-0.39, 0.29) is 19.3 Å². The fraction of sp³-hybridized carbons (Fsp3) is 1.00. The van der Waals surface area contributed by atoms with Crippen LogP contribution in [0, 0.1) is 0 Å². The minimum atomic E-state index is -0.394. The molecule has 0 aliphatic carbocycles. The van der Waals surface area contributed by atoms with Crippen molar-refractivity contribution < 1.29 is 14.9 Å². The van der Waals surface area contributed by atoms with Crippen LogP contribution in [0.2, 0.25) is 0 Å². The highest BCUT2D eigenvalue weighted by Gasteiger charge is 2.52. The molecular formula is C6H12O3. The largest absolute Gasteiger partial charge is 0.396 e. The summed E-state index contributed by atoms with van der Waals surface area (Å²) in [6.07, 6.45) is 0.666. The molecule has 2 N–H and O–H groups in total. The number of epoxide rings is 1. The molecule has 1 fully saturated rings. The number of ether oxygens (including phenoxy) is 1. The minimum Gasteiger partial charge on any atom is -0.396 e. The molecule has 0 spiro atoms. The Labute approximate surface area is 54.3 Å². The lowest BCUT2D eigenvalue weighted by Gasteiger charge is -2.04. The maximum atomic E-state index is 8.72. The Morgan fingerprint density at radius 2 is 2.11 bits per heavy atom. The van der Waals surface area contributed by atoms with E-state index in [9.17, 15) is 0 Å². The van der Waals surface area contributed by atoms with Gasteiger partial charge < -0.3 is 14.9 Å². The summed E-state index contributed by atoms with van der Waals surface area (Å²) in [6, 6.07) is 0. The van der Waals surface area contributed by atoms with E-state index in [1.165, 1.54) is 0 Å². The standard InChI is InChI=1S/C6H12O3/c1-5-6(4-8,9-5)2-3-7/h5,7-8H,2-4H2,1H3/t5?,6-/m1/s1. The Hall–Kier alpha value is -0.120. The van der Waals surface area contributed by atoms with Crippen molar-refractivity contribution in [1.82, 2.24) is 0 Å². The van der Waals surface area contributed by atoms with Gasteiger partial charge in [0, 0.05) is 13.0 Å². The molecule has 1 aliphatic rings. The van der Waals surface area contributed by atoms with Crippen LogP contribution in [0.5, 0.6) is 0 Å². The summed E-state index contributed by atoms with van der Waals surface area (Å²) in [5.41, 5.74) is -0.394. The van der Waals surface area contributed by atoms with Crippen molar-refractivity contribution >= 4 is 0 Å². The summed E-state index contributed by atoms with van der Waals surface area (Å²) in [5, 5.41) is 17.2. The molecular weight excluding hydrogens is 120 g/mol. The normalized spacial score (nSPS) is 41.0. The van der Waals surface area contributed by atoms with E-state index in [1.54, 1.807) is 0 Å².